The highest BCUT2D eigenvalue weighted by atomic mass is 16.7. The molecule has 1 heterocycles. The molecule has 4 nitrogen and oxygen atoms in total. The fraction of sp³-hybridized carbons (Fsp3) is 0.593. The van der Waals surface area contributed by atoms with E-state index in [-0.39, 0.29) is 18.1 Å². The number of aliphatic hydroxyl groups is 1. The SMILES string of the molecule is CC#C[C@]1(O)CC[C@H]2[C@@H]3CC/C=C/C(=N)CC/C=C/3[C@@H](/C=C/C3=C(C)OCO3)C[C@@]21C. The van der Waals surface area contributed by atoms with E-state index in [0.717, 1.165) is 56.5 Å². The van der Waals surface area contributed by atoms with Gasteiger partial charge in [-0.15, -0.1) is 5.92 Å². The van der Waals surface area contributed by atoms with Gasteiger partial charge in [-0.25, -0.2) is 0 Å². The molecule has 2 fully saturated rings. The van der Waals surface area contributed by atoms with Crippen LogP contribution in [0.2, 0.25) is 0 Å². The van der Waals surface area contributed by atoms with Gasteiger partial charge in [-0.2, -0.15) is 0 Å². The monoisotopic (exact) mass is 421 g/mol. The molecule has 166 valence electrons. The van der Waals surface area contributed by atoms with Gasteiger partial charge in [0, 0.05) is 11.1 Å². The average Bonchev–Trinajstić information content (AvgIpc) is 3.25. The van der Waals surface area contributed by atoms with Crippen molar-refractivity contribution in [2.24, 2.45) is 23.2 Å². The fourth-order valence-electron chi connectivity index (χ4n) is 6.29. The Hall–Kier alpha value is -2.25. The number of hydrogen-bond acceptors (Lipinski definition) is 4. The molecular weight excluding hydrogens is 386 g/mol. The molecule has 0 radical (unpaired) electrons. The molecule has 4 aliphatic rings. The Morgan fingerprint density at radius 1 is 1.26 bits per heavy atom. The highest BCUT2D eigenvalue weighted by molar-refractivity contribution is 5.92. The summed E-state index contributed by atoms with van der Waals surface area (Å²) in [6.45, 7) is 6.30. The van der Waals surface area contributed by atoms with Crippen molar-refractivity contribution in [2.75, 3.05) is 6.79 Å². The van der Waals surface area contributed by atoms with Crippen LogP contribution in [-0.4, -0.2) is 23.2 Å². The second-order valence-electron chi connectivity index (χ2n) is 9.65. The van der Waals surface area contributed by atoms with Crippen molar-refractivity contribution in [2.45, 2.75) is 71.3 Å². The van der Waals surface area contributed by atoms with E-state index in [1.54, 1.807) is 0 Å². The molecule has 4 heteroatoms. The Kier molecular flexibility index (Phi) is 6.17. The van der Waals surface area contributed by atoms with Gasteiger partial charge in [0.25, 0.3) is 0 Å². The minimum absolute atomic E-state index is 0.219. The van der Waals surface area contributed by atoms with Crippen LogP contribution in [0.1, 0.15) is 65.7 Å². The van der Waals surface area contributed by atoms with Gasteiger partial charge in [-0.05, 0) is 88.7 Å². The van der Waals surface area contributed by atoms with E-state index < -0.39 is 5.60 Å². The van der Waals surface area contributed by atoms with E-state index in [2.05, 4.69) is 43.1 Å². The molecule has 1 aliphatic heterocycles. The van der Waals surface area contributed by atoms with Crippen LogP contribution in [0.15, 0.2) is 47.5 Å². The normalized spacial score (nSPS) is 40.7. The molecule has 2 saturated carbocycles. The van der Waals surface area contributed by atoms with Crippen molar-refractivity contribution in [3.05, 3.63) is 47.5 Å². The Labute approximate surface area is 186 Å². The second-order valence-corrected chi connectivity index (χ2v) is 9.65. The van der Waals surface area contributed by atoms with Crippen LogP contribution >= 0.6 is 0 Å². The van der Waals surface area contributed by atoms with Crippen molar-refractivity contribution in [1.29, 1.82) is 5.41 Å². The highest BCUT2D eigenvalue weighted by Gasteiger charge is 2.61. The second kappa shape index (κ2) is 8.71. The van der Waals surface area contributed by atoms with Crippen LogP contribution in [0, 0.1) is 40.4 Å². The van der Waals surface area contributed by atoms with Gasteiger partial charge < -0.3 is 20.0 Å². The predicted octanol–water partition coefficient (Wildman–Crippen LogP) is 5.66. The zero-order valence-electron chi connectivity index (χ0n) is 19.0. The van der Waals surface area contributed by atoms with Crippen molar-refractivity contribution in [1.82, 2.24) is 0 Å². The lowest BCUT2D eigenvalue weighted by atomic mass is 9.54. The van der Waals surface area contributed by atoms with Crippen molar-refractivity contribution in [3.8, 4) is 11.8 Å². The van der Waals surface area contributed by atoms with Gasteiger partial charge in [0.2, 0.25) is 6.79 Å². The standard InChI is InChI=1S/C27H35NO3/c1-4-15-27(29)16-14-24-23-10-6-5-8-21(28)9-7-11-22(23)20(17-26(24,27)3)12-13-25-19(2)30-18-31-25/h5,8,11-13,20,23-24,28-29H,6-7,9-10,14,16-18H2,1-3H3/b8-5+,13-12+,22-11+,28-21?/t20-,23+,24-,26-,27-/m0/s1. The van der Waals surface area contributed by atoms with E-state index >= 15 is 0 Å². The Balaban J connectivity index is 1.74. The number of nitrogens with one attached hydrogen (secondary N) is 1. The summed E-state index contributed by atoms with van der Waals surface area (Å²) >= 11 is 0. The molecule has 0 aromatic carbocycles. The first kappa shape index (κ1) is 22.0. The van der Waals surface area contributed by atoms with Crippen LogP contribution in [-0.2, 0) is 9.47 Å². The number of ether oxygens (including phenoxy) is 2. The Morgan fingerprint density at radius 2 is 2.10 bits per heavy atom. The van der Waals surface area contributed by atoms with E-state index in [4.69, 9.17) is 14.9 Å². The first-order valence-electron chi connectivity index (χ1n) is 11.6. The lowest BCUT2D eigenvalue weighted by Crippen LogP contribution is -2.50. The van der Waals surface area contributed by atoms with Gasteiger partial charge in [-0.3, -0.25) is 0 Å². The topological polar surface area (TPSA) is 62.5 Å². The maximum absolute atomic E-state index is 11.6. The minimum atomic E-state index is -0.931. The largest absolute Gasteiger partial charge is 0.458 e. The van der Waals surface area contributed by atoms with Crippen LogP contribution in [0.3, 0.4) is 0 Å². The molecule has 0 spiro atoms. The first-order valence-corrected chi connectivity index (χ1v) is 11.6. The lowest BCUT2D eigenvalue weighted by Gasteiger charge is -2.51. The molecule has 0 unspecified atom stereocenters. The van der Waals surface area contributed by atoms with Crippen molar-refractivity contribution < 1.29 is 14.6 Å². The van der Waals surface area contributed by atoms with Gasteiger partial charge in [0.15, 0.2) is 5.76 Å². The zero-order valence-corrected chi connectivity index (χ0v) is 19.0. The lowest BCUT2D eigenvalue weighted by molar-refractivity contribution is -0.0533. The fourth-order valence-corrected chi connectivity index (χ4v) is 6.29. The number of fused-ring (bicyclic) bond motifs is 3. The van der Waals surface area contributed by atoms with Crippen LogP contribution in [0.25, 0.3) is 0 Å². The number of allylic oxidation sites excluding steroid dienone is 7. The molecule has 5 atom stereocenters. The molecule has 0 aromatic rings. The summed E-state index contributed by atoms with van der Waals surface area (Å²) in [6.07, 6.45) is 17.1. The van der Waals surface area contributed by atoms with Crippen LogP contribution < -0.4 is 0 Å². The summed E-state index contributed by atoms with van der Waals surface area (Å²) in [5.41, 5.74) is 1.00. The van der Waals surface area contributed by atoms with E-state index in [9.17, 15) is 5.11 Å². The van der Waals surface area contributed by atoms with E-state index in [0.29, 0.717) is 17.5 Å². The van der Waals surface area contributed by atoms with E-state index in [1.807, 2.05) is 19.9 Å². The van der Waals surface area contributed by atoms with Gasteiger partial charge in [0.05, 0.1) is 0 Å². The summed E-state index contributed by atoms with van der Waals surface area (Å²) in [5.74, 6) is 8.90. The molecule has 3 aliphatic carbocycles. The molecule has 4 rings (SSSR count). The quantitative estimate of drug-likeness (QED) is 0.447. The van der Waals surface area contributed by atoms with Gasteiger partial charge in [0.1, 0.15) is 11.4 Å². The molecule has 0 saturated heterocycles. The average molecular weight is 422 g/mol. The Bertz CT molecular complexity index is 915. The van der Waals surface area contributed by atoms with Crippen LogP contribution in [0.5, 0.6) is 0 Å². The summed E-state index contributed by atoms with van der Waals surface area (Å²) in [4.78, 5) is 0. The maximum atomic E-state index is 11.6. The summed E-state index contributed by atoms with van der Waals surface area (Å²) in [6, 6.07) is 0. The zero-order chi connectivity index (χ0) is 22.1. The summed E-state index contributed by atoms with van der Waals surface area (Å²) in [7, 11) is 0. The molecule has 0 aromatic heterocycles. The third-order valence-corrected chi connectivity index (χ3v) is 7.97. The Morgan fingerprint density at radius 3 is 2.84 bits per heavy atom. The summed E-state index contributed by atoms with van der Waals surface area (Å²) < 4.78 is 11.1. The predicted molar refractivity (Wildman–Crippen MR) is 123 cm³/mol. The van der Waals surface area contributed by atoms with Crippen molar-refractivity contribution in [3.63, 3.8) is 0 Å². The van der Waals surface area contributed by atoms with Crippen molar-refractivity contribution >= 4 is 5.71 Å². The molecule has 0 bridgehead atoms. The number of hydrogen-bond donors (Lipinski definition) is 2. The first-order chi connectivity index (χ1) is 14.9. The third kappa shape index (κ3) is 4.01. The molecule has 31 heavy (non-hydrogen) atoms. The molecule has 0 amide bonds. The molecule has 2 N–H and O–H groups in total. The summed E-state index contributed by atoms with van der Waals surface area (Å²) in [5, 5.41) is 19.7. The highest BCUT2D eigenvalue weighted by Crippen LogP contribution is 2.63. The van der Waals surface area contributed by atoms with Gasteiger partial charge >= 0.3 is 0 Å². The van der Waals surface area contributed by atoms with E-state index in [1.165, 1.54) is 5.57 Å². The molecular formula is C27H35NO3. The third-order valence-electron chi connectivity index (χ3n) is 7.97. The number of rotatable bonds is 2. The van der Waals surface area contributed by atoms with Crippen LogP contribution in [0.4, 0.5) is 0 Å². The smallest absolute Gasteiger partial charge is 0.230 e. The maximum Gasteiger partial charge on any atom is 0.230 e. The minimum Gasteiger partial charge on any atom is -0.458 e. The van der Waals surface area contributed by atoms with Gasteiger partial charge in [-0.1, -0.05) is 36.6 Å².